The maximum Gasteiger partial charge on any atom is 0.243 e. The summed E-state index contributed by atoms with van der Waals surface area (Å²) in [5.74, 6) is -0.969. The smallest absolute Gasteiger partial charge is 0.243 e. The SMILES string of the molecule is C[C@@H]1CC(Cc2ccc(Cl)c(Oc3cc(Cl)cc(C#N)c3)c2F)=NNC1=O. The van der Waals surface area contributed by atoms with E-state index in [0.29, 0.717) is 17.7 Å². The van der Waals surface area contributed by atoms with Crippen LogP contribution in [0, 0.1) is 23.1 Å². The van der Waals surface area contributed by atoms with E-state index in [9.17, 15) is 9.18 Å². The average molecular weight is 406 g/mol. The van der Waals surface area contributed by atoms with Crippen molar-refractivity contribution in [3.8, 4) is 17.6 Å². The molecule has 1 atom stereocenters. The van der Waals surface area contributed by atoms with Gasteiger partial charge in [-0.1, -0.05) is 36.2 Å². The summed E-state index contributed by atoms with van der Waals surface area (Å²) in [5, 5.41) is 13.4. The molecule has 5 nitrogen and oxygen atoms in total. The molecule has 0 fully saturated rings. The Kier molecular flexibility index (Phi) is 5.64. The normalized spacial score (nSPS) is 16.3. The number of rotatable bonds is 4. The second-order valence-electron chi connectivity index (χ2n) is 6.18. The first-order valence-electron chi connectivity index (χ1n) is 8.08. The largest absolute Gasteiger partial charge is 0.453 e. The van der Waals surface area contributed by atoms with Crippen LogP contribution in [0.5, 0.6) is 11.5 Å². The minimum Gasteiger partial charge on any atom is -0.453 e. The van der Waals surface area contributed by atoms with E-state index in [1.165, 1.54) is 24.3 Å². The summed E-state index contributed by atoms with van der Waals surface area (Å²) in [6.45, 7) is 1.78. The Hall–Kier alpha value is -2.62. The van der Waals surface area contributed by atoms with Crippen molar-refractivity contribution in [1.29, 1.82) is 5.26 Å². The van der Waals surface area contributed by atoms with Gasteiger partial charge in [0.15, 0.2) is 11.6 Å². The van der Waals surface area contributed by atoms with Gasteiger partial charge in [-0.3, -0.25) is 4.79 Å². The van der Waals surface area contributed by atoms with Crippen molar-refractivity contribution in [2.24, 2.45) is 11.0 Å². The van der Waals surface area contributed by atoms with Crippen LogP contribution in [0.15, 0.2) is 35.4 Å². The van der Waals surface area contributed by atoms with Crippen LogP contribution in [0.4, 0.5) is 4.39 Å². The van der Waals surface area contributed by atoms with E-state index in [2.05, 4.69) is 10.5 Å². The van der Waals surface area contributed by atoms with Crippen molar-refractivity contribution in [2.75, 3.05) is 0 Å². The Morgan fingerprint density at radius 1 is 1.37 bits per heavy atom. The summed E-state index contributed by atoms with van der Waals surface area (Å²) < 4.78 is 20.6. The molecule has 0 saturated heterocycles. The Balaban J connectivity index is 1.89. The molecule has 1 N–H and O–H groups in total. The number of nitrogens with one attached hydrogen (secondary N) is 1. The molecule has 1 aliphatic rings. The predicted molar refractivity (Wildman–Crippen MR) is 101 cm³/mol. The lowest BCUT2D eigenvalue weighted by Crippen LogP contribution is -2.33. The van der Waals surface area contributed by atoms with Gasteiger partial charge < -0.3 is 4.74 Å². The molecule has 8 heteroatoms. The van der Waals surface area contributed by atoms with Gasteiger partial charge in [-0.15, -0.1) is 0 Å². The number of benzene rings is 2. The lowest BCUT2D eigenvalue weighted by Gasteiger charge is -2.18. The molecule has 1 aliphatic heterocycles. The summed E-state index contributed by atoms with van der Waals surface area (Å²) in [6, 6.07) is 9.41. The van der Waals surface area contributed by atoms with Crippen LogP contribution in [0.2, 0.25) is 10.0 Å². The van der Waals surface area contributed by atoms with Crippen molar-refractivity contribution in [2.45, 2.75) is 19.8 Å². The molecule has 27 heavy (non-hydrogen) atoms. The third-order valence-electron chi connectivity index (χ3n) is 4.06. The van der Waals surface area contributed by atoms with Crippen LogP contribution in [-0.4, -0.2) is 11.6 Å². The average Bonchev–Trinajstić information content (AvgIpc) is 2.63. The Morgan fingerprint density at radius 2 is 2.15 bits per heavy atom. The molecule has 138 valence electrons. The van der Waals surface area contributed by atoms with Crippen molar-refractivity contribution in [3.63, 3.8) is 0 Å². The number of halogens is 3. The molecule has 0 saturated carbocycles. The highest BCUT2D eigenvalue weighted by Crippen LogP contribution is 2.35. The van der Waals surface area contributed by atoms with Gasteiger partial charge in [0, 0.05) is 23.1 Å². The fraction of sp³-hybridized carbons (Fsp3) is 0.211. The summed E-state index contributed by atoms with van der Waals surface area (Å²) in [7, 11) is 0. The number of hydrogen-bond donors (Lipinski definition) is 1. The molecule has 3 rings (SSSR count). The van der Waals surface area contributed by atoms with E-state index >= 15 is 0 Å². The predicted octanol–water partition coefficient (Wildman–Crippen LogP) is 4.85. The van der Waals surface area contributed by atoms with Gasteiger partial charge in [0.05, 0.1) is 16.7 Å². The molecular weight excluding hydrogens is 392 g/mol. The Morgan fingerprint density at radius 3 is 2.85 bits per heavy atom. The Bertz CT molecular complexity index is 986. The molecule has 0 aromatic heterocycles. The van der Waals surface area contributed by atoms with Gasteiger partial charge in [-0.25, -0.2) is 9.82 Å². The zero-order valence-corrected chi connectivity index (χ0v) is 15.7. The van der Waals surface area contributed by atoms with Crippen molar-refractivity contribution < 1.29 is 13.9 Å². The lowest BCUT2D eigenvalue weighted by atomic mass is 9.97. The number of carbonyl (C=O) groups is 1. The van der Waals surface area contributed by atoms with Crippen molar-refractivity contribution in [1.82, 2.24) is 5.43 Å². The monoisotopic (exact) mass is 405 g/mol. The first-order valence-corrected chi connectivity index (χ1v) is 8.83. The van der Waals surface area contributed by atoms with Gasteiger partial charge in [0.2, 0.25) is 5.91 Å². The first-order chi connectivity index (χ1) is 12.9. The van der Waals surface area contributed by atoms with Crippen LogP contribution in [-0.2, 0) is 11.2 Å². The van der Waals surface area contributed by atoms with E-state index < -0.39 is 5.82 Å². The molecule has 2 aromatic carbocycles. The van der Waals surface area contributed by atoms with Crippen LogP contribution in [0.1, 0.15) is 24.5 Å². The molecule has 0 unspecified atom stereocenters. The van der Waals surface area contributed by atoms with Gasteiger partial charge in [0.25, 0.3) is 0 Å². The highest BCUT2D eigenvalue weighted by atomic mass is 35.5. The zero-order valence-electron chi connectivity index (χ0n) is 14.2. The van der Waals surface area contributed by atoms with Crippen LogP contribution >= 0.6 is 23.2 Å². The van der Waals surface area contributed by atoms with Gasteiger partial charge in [-0.05, 0) is 36.2 Å². The molecule has 0 spiro atoms. The minimum atomic E-state index is -0.631. The zero-order chi connectivity index (χ0) is 19.6. The minimum absolute atomic E-state index is 0.0852. The number of hydrazone groups is 1. The summed E-state index contributed by atoms with van der Waals surface area (Å²) in [6.07, 6.45) is 0.660. The third-order valence-corrected chi connectivity index (χ3v) is 4.57. The highest BCUT2D eigenvalue weighted by molar-refractivity contribution is 6.32. The van der Waals surface area contributed by atoms with Gasteiger partial charge >= 0.3 is 0 Å². The second kappa shape index (κ2) is 7.95. The number of amides is 1. The fourth-order valence-corrected chi connectivity index (χ4v) is 3.08. The molecule has 1 amide bonds. The summed E-state index contributed by atoms with van der Waals surface area (Å²) in [4.78, 5) is 11.5. The standard InChI is InChI=1S/C19H14Cl2FN3O2/c1-10-4-14(24-25-19(10)26)7-12-2-3-16(21)18(17(12)22)27-15-6-11(9-23)5-13(20)8-15/h2-3,5-6,8,10H,4,7H2,1H3,(H,25,26)/t10-/m1/s1. The maximum absolute atomic E-state index is 15.0. The van der Waals surface area contributed by atoms with Crippen LogP contribution in [0.3, 0.4) is 0 Å². The van der Waals surface area contributed by atoms with E-state index in [1.807, 2.05) is 6.07 Å². The number of hydrogen-bond acceptors (Lipinski definition) is 4. The molecule has 0 radical (unpaired) electrons. The quantitative estimate of drug-likeness (QED) is 0.789. The lowest BCUT2D eigenvalue weighted by molar-refractivity contribution is -0.124. The van der Waals surface area contributed by atoms with E-state index in [4.69, 9.17) is 33.2 Å². The van der Waals surface area contributed by atoms with E-state index in [0.717, 1.165) is 0 Å². The first kappa shape index (κ1) is 19.2. The number of nitrogens with zero attached hydrogens (tertiary/aromatic N) is 2. The van der Waals surface area contributed by atoms with Crippen LogP contribution < -0.4 is 10.2 Å². The van der Waals surface area contributed by atoms with Gasteiger partial charge in [-0.2, -0.15) is 10.4 Å². The summed E-state index contributed by atoms with van der Waals surface area (Å²) >= 11 is 12.1. The molecule has 0 aliphatic carbocycles. The third kappa shape index (κ3) is 4.38. The number of carbonyl (C=O) groups excluding carboxylic acids is 1. The molecule has 1 heterocycles. The summed E-state index contributed by atoms with van der Waals surface area (Å²) in [5.41, 5.74) is 3.70. The fourth-order valence-electron chi connectivity index (χ4n) is 2.68. The number of nitriles is 1. The molecule has 0 bridgehead atoms. The van der Waals surface area contributed by atoms with Crippen LogP contribution in [0.25, 0.3) is 0 Å². The van der Waals surface area contributed by atoms with E-state index in [-0.39, 0.29) is 45.4 Å². The topological polar surface area (TPSA) is 74.5 Å². The highest BCUT2D eigenvalue weighted by Gasteiger charge is 2.23. The molecular formula is C19H14Cl2FN3O2. The second-order valence-corrected chi connectivity index (χ2v) is 7.02. The molecule has 2 aromatic rings. The van der Waals surface area contributed by atoms with Gasteiger partial charge in [0.1, 0.15) is 5.75 Å². The number of ether oxygens (including phenoxy) is 1. The van der Waals surface area contributed by atoms with E-state index in [1.54, 1.807) is 13.0 Å². The van der Waals surface area contributed by atoms with Crippen molar-refractivity contribution in [3.05, 3.63) is 57.3 Å². The maximum atomic E-state index is 15.0. The van der Waals surface area contributed by atoms with Crippen molar-refractivity contribution >= 4 is 34.8 Å². The Labute approximate surface area is 165 Å².